The Balaban J connectivity index is 2.25. The first-order valence-electron chi connectivity index (χ1n) is 4.07. The number of nitrogens with one attached hydrogen (secondary N) is 1. The molecule has 0 aliphatic carbocycles. The van der Waals surface area contributed by atoms with Crippen molar-refractivity contribution in [2.75, 3.05) is 13.2 Å². The van der Waals surface area contributed by atoms with Crippen molar-refractivity contribution >= 4 is 11.3 Å². The van der Waals surface area contributed by atoms with Crippen LogP contribution in [0, 0.1) is 0 Å². The first kappa shape index (κ1) is 9.64. The summed E-state index contributed by atoms with van der Waals surface area (Å²) in [5, 5.41) is 11.9. The van der Waals surface area contributed by atoms with Crippen LogP contribution in [0.2, 0.25) is 0 Å². The second-order valence-corrected chi connectivity index (χ2v) is 3.57. The molecule has 1 heterocycles. The quantitative estimate of drug-likeness (QED) is 0.679. The van der Waals surface area contributed by atoms with E-state index >= 15 is 0 Å². The zero-order chi connectivity index (χ0) is 8.81. The summed E-state index contributed by atoms with van der Waals surface area (Å²) in [5.74, 6) is 0. The first-order valence-corrected chi connectivity index (χ1v) is 4.95. The number of hydrogen-bond donors (Lipinski definition) is 2. The molecular weight excluding hydrogens is 172 g/mol. The van der Waals surface area contributed by atoms with E-state index < -0.39 is 0 Å². The van der Waals surface area contributed by atoms with Crippen LogP contribution < -0.4 is 5.32 Å². The van der Waals surface area contributed by atoms with Crippen molar-refractivity contribution in [2.24, 2.45) is 0 Å². The topological polar surface area (TPSA) is 45.1 Å². The van der Waals surface area contributed by atoms with Gasteiger partial charge in [-0.15, -0.1) is 11.3 Å². The molecular formula is C8H14N2OS. The Bertz CT molecular complexity index is 201. The van der Waals surface area contributed by atoms with Crippen molar-refractivity contribution in [1.29, 1.82) is 0 Å². The highest BCUT2D eigenvalue weighted by Crippen LogP contribution is 2.15. The molecule has 1 rings (SSSR count). The standard InChI is InChI=1S/C8H14N2OS/c1-7(10-3-2-4-11)8-5-9-6-12-8/h5-7,10-11H,2-4H2,1H3. The van der Waals surface area contributed by atoms with Crippen molar-refractivity contribution < 1.29 is 5.11 Å². The van der Waals surface area contributed by atoms with Crippen LogP contribution >= 0.6 is 11.3 Å². The summed E-state index contributed by atoms with van der Waals surface area (Å²) < 4.78 is 0. The lowest BCUT2D eigenvalue weighted by molar-refractivity contribution is 0.284. The van der Waals surface area contributed by atoms with Crippen molar-refractivity contribution in [3.8, 4) is 0 Å². The highest BCUT2D eigenvalue weighted by atomic mass is 32.1. The second kappa shape index (κ2) is 5.24. The van der Waals surface area contributed by atoms with E-state index in [0.29, 0.717) is 6.04 Å². The minimum Gasteiger partial charge on any atom is -0.396 e. The fourth-order valence-electron chi connectivity index (χ4n) is 0.938. The summed E-state index contributed by atoms with van der Waals surface area (Å²) in [6, 6.07) is 0.351. The largest absolute Gasteiger partial charge is 0.396 e. The molecule has 3 nitrogen and oxygen atoms in total. The highest BCUT2D eigenvalue weighted by molar-refractivity contribution is 7.09. The summed E-state index contributed by atoms with van der Waals surface area (Å²) >= 11 is 1.65. The van der Waals surface area contributed by atoms with Crippen LogP contribution in [-0.2, 0) is 0 Å². The Morgan fingerprint density at radius 3 is 3.17 bits per heavy atom. The van der Waals surface area contributed by atoms with Gasteiger partial charge in [0.05, 0.1) is 5.51 Å². The van der Waals surface area contributed by atoms with E-state index in [4.69, 9.17) is 5.11 Å². The minimum atomic E-state index is 0.252. The molecule has 4 heteroatoms. The molecule has 0 aliphatic heterocycles. The third-order valence-electron chi connectivity index (χ3n) is 1.66. The van der Waals surface area contributed by atoms with Gasteiger partial charge in [-0.1, -0.05) is 0 Å². The number of nitrogens with zero attached hydrogens (tertiary/aromatic N) is 1. The number of aliphatic hydroxyl groups excluding tert-OH is 1. The lowest BCUT2D eigenvalue weighted by Crippen LogP contribution is -2.19. The SMILES string of the molecule is CC(NCCCO)c1cncs1. The lowest BCUT2D eigenvalue weighted by atomic mass is 10.3. The molecule has 0 saturated carbocycles. The third kappa shape index (κ3) is 2.89. The average Bonchev–Trinajstić information content (AvgIpc) is 2.56. The smallest absolute Gasteiger partial charge is 0.0794 e. The molecule has 1 unspecified atom stereocenters. The molecule has 68 valence electrons. The summed E-state index contributed by atoms with van der Waals surface area (Å²) in [6.07, 6.45) is 2.68. The fraction of sp³-hybridized carbons (Fsp3) is 0.625. The van der Waals surface area contributed by atoms with Crippen molar-refractivity contribution in [3.05, 3.63) is 16.6 Å². The van der Waals surface area contributed by atoms with Gasteiger partial charge in [0, 0.05) is 23.7 Å². The zero-order valence-corrected chi connectivity index (χ0v) is 7.97. The van der Waals surface area contributed by atoms with Gasteiger partial charge in [0.1, 0.15) is 0 Å². The Kier molecular flexibility index (Phi) is 4.21. The van der Waals surface area contributed by atoms with E-state index in [1.807, 2.05) is 11.7 Å². The highest BCUT2D eigenvalue weighted by Gasteiger charge is 2.04. The van der Waals surface area contributed by atoms with Crippen LogP contribution in [0.25, 0.3) is 0 Å². The molecule has 1 atom stereocenters. The number of rotatable bonds is 5. The van der Waals surface area contributed by atoms with E-state index in [-0.39, 0.29) is 6.61 Å². The van der Waals surface area contributed by atoms with Crippen molar-refractivity contribution in [2.45, 2.75) is 19.4 Å². The second-order valence-electron chi connectivity index (χ2n) is 2.66. The van der Waals surface area contributed by atoms with Gasteiger partial charge >= 0.3 is 0 Å². The Labute approximate surface area is 76.5 Å². The molecule has 0 fully saturated rings. The van der Waals surface area contributed by atoms with E-state index in [9.17, 15) is 0 Å². The maximum Gasteiger partial charge on any atom is 0.0794 e. The molecule has 0 saturated heterocycles. The molecule has 12 heavy (non-hydrogen) atoms. The lowest BCUT2D eigenvalue weighted by Gasteiger charge is -2.09. The Morgan fingerprint density at radius 1 is 1.75 bits per heavy atom. The summed E-state index contributed by atoms with van der Waals surface area (Å²) in [6.45, 7) is 3.21. The van der Waals surface area contributed by atoms with Crippen molar-refractivity contribution in [3.63, 3.8) is 0 Å². The molecule has 0 amide bonds. The molecule has 0 aliphatic rings. The molecule has 0 aromatic carbocycles. The molecule has 0 bridgehead atoms. The van der Waals surface area contributed by atoms with Gasteiger partial charge in [-0.2, -0.15) is 0 Å². The molecule has 0 radical (unpaired) electrons. The van der Waals surface area contributed by atoms with E-state index in [2.05, 4.69) is 17.2 Å². The Hall–Kier alpha value is -0.450. The monoisotopic (exact) mass is 186 g/mol. The third-order valence-corrected chi connectivity index (χ3v) is 2.62. The van der Waals surface area contributed by atoms with Gasteiger partial charge in [-0.3, -0.25) is 4.98 Å². The summed E-state index contributed by atoms with van der Waals surface area (Å²) in [4.78, 5) is 5.24. The zero-order valence-electron chi connectivity index (χ0n) is 7.16. The summed E-state index contributed by atoms with van der Waals surface area (Å²) in [7, 11) is 0. The summed E-state index contributed by atoms with van der Waals surface area (Å²) in [5.41, 5.74) is 1.83. The Morgan fingerprint density at radius 2 is 2.58 bits per heavy atom. The van der Waals surface area contributed by atoms with Crippen LogP contribution in [0.3, 0.4) is 0 Å². The van der Waals surface area contributed by atoms with Gasteiger partial charge in [0.25, 0.3) is 0 Å². The van der Waals surface area contributed by atoms with Crippen LogP contribution in [0.1, 0.15) is 24.3 Å². The number of aromatic nitrogens is 1. The normalized spacial score (nSPS) is 13.2. The number of thiazole rings is 1. The van der Waals surface area contributed by atoms with Crippen LogP contribution in [0.5, 0.6) is 0 Å². The van der Waals surface area contributed by atoms with E-state index in [1.165, 1.54) is 4.88 Å². The predicted octanol–water partition coefficient (Wildman–Crippen LogP) is 1.18. The van der Waals surface area contributed by atoms with Crippen LogP contribution in [0.4, 0.5) is 0 Å². The number of hydrogen-bond acceptors (Lipinski definition) is 4. The average molecular weight is 186 g/mol. The molecule has 1 aromatic rings. The number of aliphatic hydroxyl groups is 1. The predicted molar refractivity (Wildman–Crippen MR) is 50.2 cm³/mol. The minimum absolute atomic E-state index is 0.252. The van der Waals surface area contributed by atoms with E-state index in [1.54, 1.807) is 11.3 Å². The fourth-order valence-corrected chi connectivity index (χ4v) is 1.59. The van der Waals surface area contributed by atoms with Gasteiger partial charge in [-0.25, -0.2) is 0 Å². The maximum absolute atomic E-state index is 8.56. The van der Waals surface area contributed by atoms with Crippen molar-refractivity contribution in [1.82, 2.24) is 10.3 Å². The molecule has 0 spiro atoms. The van der Waals surface area contributed by atoms with Gasteiger partial charge in [-0.05, 0) is 19.9 Å². The van der Waals surface area contributed by atoms with Crippen LogP contribution in [0.15, 0.2) is 11.7 Å². The van der Waals surface area contributed by atoms with Gasteiger partial charge < -0.3 is 10.4 Å². The maximum atomic E-state index is 8.56. The molecule has 2 N–H and O–H groups in total. The van der Waals surface area contributed by atoms with Crippen LogP contribution in [-0.4, -0.2) is 23.2 Å². The van der Waals surface area contributed by atoms with E-state index in [0.717, 1.165) is 13.0 Å². The first-order chi connectivity index (χ1) is 5.84. The molecule has 1 aromatic heterocycles. The van der Waals surface area contributed by atoms with Gasteiger partial charge in [0.2, 0.25) is 0 Å². The van der Waals surface area contributed by atoms with Gasteiger partial charge in [0.15, 0.2) is 0 Å².